The third-order valence-electron chi connectivity index (χ3n) is 6.60. The van der Waals surface area contributed by atoms with Crippen LogP contribution < -0.4 is 9.46 Å². The highest BCUT2D eigenvalue weighted by atomic mass is 32.2. The lowest BCUT2D eigenvalue weighted by Gasteiger charge is -2.30. The molecule has 1 aromatic carbocycles. The molecule has 6 nitrogen and oxygen atoms in total. The molecule has 7 heteroatoms. The number of carbonyl (C=O) groups is 1. The highest BCUT2D eigenvalue weighted by Gasteiger charge is 2.26. The second-order valence-corrected chi connectivity index (χ2v) is 10.6. The van der Waals surface area contributed by atoms with Gasteiger partial charge in [-0.2, -0.15) is 0 Å². The van der Waals surface area contributed by atoms with Crippen LogP contribution in [0, 0.1) is 11.8 Å². The fraction of sp³-hybridized carbons (Fsp3) is 0.696. The van der Waals surface area contributed by atoms with Crippen LogP contribution in [-0.4, -0.2) is 46.0 Å². The van der Waals surface area contributed by atoms with Crippen molar-refractivity contribution >= 4 is 15.9 Å². The molecule has 3 rings (SSSR count). The smallest absolute Gasteiger partial charge is 0.257 e. The van der Waals surface area contributed by atoms with E-state index < -0.39 is 10.0 Å². The van der Waals surface area contributed by atoms with Crippen LogP contribution in [0.5, 0.6) is 5.75 Å². The summed E-state index contributed by atoms with van der Waals surface area (Å²) >= 11 is 0. The molecular weight excluding hydrogens is 400 g/mol. The van der Waals surface area contributed by atoms with Gasteiger partial charge in [0.1, 0.15) is 5.75 Å². The first kappa shape index (κ1) is 23.1. The number of hydrogen-bond acceptors (Lipinski definition) is 4. The van der Waals surface area contributed by atoms with Gasteiger partial charge < -0.3 is 9.64 Å². The van der Waals surface area contributed by atoms with Crippen molar-refractivity contribution in [1.29, 1.82) is 0 Å². The van der Waals surface area contributed by atoms with Gasteiger partial charge in [-0.05, 0) is 49.3 Å². The summed E-state index contributed by atoms with van der Waals surface area (Å²) in [7, 11) is -2.16. The number of benzene rings is 1. The molecule has 0 aromatic heterocycles. The van der Waals surface area contributed by atoms with Gasteiger partial charge in [0.25, 0.3) is 5.91 Å². The van der Waals surface area contributed by atoms with Gasteiger partial charge in [0.05, 0.1) is 17.6 Å². The van der Waals surface area contributed by atoms with Crippen LogP contribution >= 0.6 is 0 Å². The normalized spacial score (nSPS) is 19.5. The van der Waals surface area contributed by atoms with Crippen LogP contribution in [0.25, 0.3) is 0 Å². The van der Waals surface area contributed by atoms with Crippen molar-refractivity contribution in [3.05, 3.63) is 23.8 Å². The van der Waals surface area contributed by atoms with Crippen molar-refractivity contribution in [2.45, 2.75) is 69.6 Å². The van der Waals surface area contributed by atoms with Gasteiger partial charge in [0.2, 0.25) is 10.0 Å². The number of amides is 1. The lowest BCUT2D eigenvalue weighted by atomic mass is 9.97. The minimum absolute atomic E-state index is 0.123. The van der Waals surface area contributed by atoms with Gasteiger partial charge in [-0.1, -0.05) is 45.4 Å². The fourth-order valence-electron chi connectivity index (χ4n) is 4.54. The van der Waals surface area contributed by atoms with Gasteiger partial charge in [-0.15, -0.1) is 0 Å². The number of hydrogen-bond donors (Lipinski definition) is 1. The summed E-state index contributed by atoms with van der Waals surface area (Å²) in [5.74, 6) is 1.47. The number of nitrogens with zero attached hydrogens (tertiary/aromatic N) is 1. The molecule has 1 N–H and O–H groups in total. The van der Waals surface area contributed by atoms with E-state index in [2.05, 4.69) is 11.6 Å². The van der Waals surface area contributed by atoms with E-state index in [-0.39, 0.29) is 10.8 Å². The Morgan fingerprint density at radius 3 is 2.40 bits per heavy atom. The van der Waals surface area contributed by atoms with Crippen molar-refractivity contribution < 1.29 is 17.9 Å². The Labute approximate surface area is 181 Å². The van der Waals surface area contributed by atoms with Gasteiger partial charge >= 0.3 is 0 Å². The number of carbonyl (C=O) groups excluding carboxylic acids is 1. The lowest BCUT2D eigenvalue weighted by molar-refractivity contribution is 0.0693. The summed E-state index contributed by atoms with van der Waals surface area (Å²) in [6.45, 7) is 4.02. The number of rotatable bonds is 7. The Kier molecular flexibility index (Phi) is 8.17. The number of methoxy groups -OCH3 is 1. The Hall–Kier alpha value is -1.60. The van der Waals surface area contributed by atoms with E-state index in [1.165, 1.54) is 57.8 Å². The molecular formula is C23H36N2O4S. The van der Waals surface area contributed by atoms with E-state index >= 15 is 0 Å². The SMILES string of the molecule is COc1ccc(S(=O)(=O)NCCC2CCCCCC2)cc1C(=O)N1CCC(C)CC1. The van der Waals surface area contributed by atoms with Gasteiger partial charge in [-0.3, -0.25) is 4.79 Å². The molecule has 1 saturated heterocycles. The van der Waals surface area contributed by atoms with Crippen molar-refractivity contribution in [2.24, 2.45) is 11.8 Å². The lowest BCUT2D eigenvalue weighted by Crippen LogP contribution is -2.38. The average Bonchev–Trinajstić information content (AvgIpc) is 3.02. The van der Waals surface area contributed by atoms with E-state index in [0.29, 0.717) is 42.8 Å². The van der Waals surface area contributed by atoms with Crippen LogP contribution in [0.2, 0.25) is 0 Å². The van der Waals surface area contributed by atoms with Gasteiger partial charge in [-0.25, -0.2) is 13.1 Å². The summed E-state index contributed by atoms with van der Waals surface area (Å²) < 4.78 is 33.8. The molecule has 0 atom stereocenters. The molecule has 2 aliphatic rings. The molecule has 1 saturated carbocycles. The zero-order valence-corrected chi connectivity index (χ0v) is 19.2. The molecule has 0 bridgehead atoms. The Balaban J connectivity index is 1.68. The number of nitrogens with one attached hydrogen (secondary N) is 1. The third-order valence-corrected chi connectivity index (χ3v) is 8.06. The molecule has 1 heterocycles. The summed E-state index contributed by atoms with van der Waals surface area (Å²) in [6.07, 6.45) is 10.3. The number of likely N-dealkylation sites (tertiary alicyclic amines) is 1. The molecule has 1 aromatic rings. The molecule has 0 spiro atoms. The number of ether oxygens (including phenoxy) is 1. The van der Waals surface area contributed by atoms with E-state index in [9.17, 15) is 13.2 Å². The standard InChI is InChI=1S/C23H36N2O4S/c1-18-12-15-25(16-13-18)23(26)21-17-20(9-10-22(21)29-2)30(27,28)24-14-11-19-7-5-3-4-6-8-19/h9-10,17-19,24H,3-8,11-16H2,1-2H3. The van der Waals surface area contributed by atoms with Crippen molar-refractivity contribution in [3.63, 3.8) is 0 Å². The van der Waals surface area contributed by atoms with E-state index in [1.807, 2.05) is 0 Å². The van der Waals surface area contributed by atoms with Crippen LogP contribution in [0.3, 0.4) is 0 Å². The molecule has 1 aliphatic heterocycles. The average molecular weight is 437 g/mol. The Morgan fingerprint density at radius 2 is 1.77 bits per heavy atom. The molecule has 1 amide bonds. The maximum atomic E-state index is 13.0. The predicted molar refractivity (Wildman–Crippen MR) is 118 cm³/mol. The summed E-state index contributed by atoms with van der Waals surface area (Å²) in [5.41, 5.74) is 0.318. The second kappa shape index (κ2) is 10.6. The monoisotopic (exact) mass is 436 g/mol. The summed E-state index contributed by atoms with van der Waals surface area (Å²) in [4.78, 5) is 15.0. The highest BCUT2D eigenvalue weighted by molar-refractivity contribution is 7.89. The minimum atomic E-state index is -3.67. The Bertz CT molecular complexity index is 808. The van der Waals surface area contributed by atoms with Crippen LogP contribution in [0.15, 0.2) is 23.1 Å². The molecule has 30 heavy (non-hydrogen) atoms. The second-order valence-electron chi connectivity index (χ2n) is 8.88. The summed E-state index contributed by atoms with van der Waals surface area (Å²) in [5, 5.41) is 0. The molecule has 2 fully saturated rings. The summed E-state index contributed by atoms with van der Waals surface area (Å²) in [6, 6.07) is 4.56. The van der Waals surface area contributed by atoms with E-state index in [0.717, 1.165) is 19.3 Å². The topological polar surface area (TPSA) is 75.7 Å². The zero-order valence-electron chi connectivity index (χ0n) is 18.4. The van der Waals surface area contributed by atoms with Crippen molar-refractivity contribution in [2.75, 3.05) is 26.7 Å². The Morgan fingerprint density at radius 1 is 1.10 bits per heavy atom. The van der Waals surface area contributed by atoms with E-state index in [4.69, 9.17) is 4.74 Å². The molecule has 0 radical (unpaired) electrons. The quantitative estimate of drug-likeness (QED) is 0.650. The predicted octanol–water partition coefficient (Wildman–Crippen LogP) is 4.21. The largest absolute Gasteiger partial charge is 0.496 e. The first-order valence-corrected chi connectivity index (χ1v) is 12.9. The van der Waals surface area contributed by atoms with Gasteiger partial charge in [0.15, 0.2) is 0 Å². The maximum Gasteiger partial charge on any atom is 0.257 e. The van der Waals surface area contributed by atoms with Crippen LogP contribution in [0.4, 0.5) is 0 Å². The van der Waals surface area contributed by atoms with Crippen molar-refractivity contribution in [1.82, 2.24) is 9.62 Å². The maximum absolute atomic E-state index is 13.0. The molecule has 0 unspecified atom stereocenters. The molecule has 168 valence electrons. The van der Waals surface area contributed by atoms with Crippen LogP contribution in [-0.2, 0) is 10.0 Å². The van der Waals surface area contributed by atoms with Crippen molar-refractivity contribution in [3.8, 4) is 5.75 Å². The number of sulfonamides is 1. The first-order chi connectivity index (χ1) is 14.4. The number of piperidine rings is 1. The minimum Gasteiger partial charge on any atom is -0.496 e. The fourth-order valence-corrected chi connectivity index (χ4v) is 5.61. The van der Waals surface area contributed by atoms with Crippen LogP contribution in [0.1, 0.15) is 75.1 Å². The zero-order chi connectivity index (χ0) is 21.6. The molecule has 1 aliphatic carbocycles. The third kappa shape index (κ3) is 5.97. The highest BCUT2D eigenvalue weighted by Crippen LogP contribution is 2.27. The first-order valence-electron chi connectivity index (χ1n) is 11.4. The van der Waals surface area contributed by atoms with Gasteiger partial charge in [0, 0.05) is 19.6 Å². The van der Waals surface area contributed by atoms with E-state index in [1.54, 1.807) is 11.0 Å².